The Kier molecular flexibility index (Phi) is 6.89. The molecule has 0 aliphatic rings. The van der Waals surface area contributed by atoms with Crippen molar-refractivity contribution < 1.29 is 4.79 Å². The van der Waals surface area contributed by atoms with Gasteiger partial charge in [0.05, 0.1) is 11.7 Å². The largest absolute Gasteiger partial charge is 0.327 e. The molecule has 0 aliphatic heterocycles. The number of benzene rings is 3. The number of hydrogen-bond donors (Lipinski definition) is 3. The van der Waals surface area contributed by atoms with Crippen LogP contribution in [0.2, 0.25) is 0 Å². The van der Waals surface area contributed by atoms with Crippen molar-refractivity contribution in [1.29, 1.82) is 0 Å². The lowest BCUT2D eigenvalue weighted by atomic mass is 9.99. The molecule has 0 fully saturated rings. The molecule has 184 valence electrons. The first-order valence-electron chi connectivity index (χ1n) is 12.0. The average molecular weight is 491 g/mol. The molecule has 37 heavy (non-hydrogen) atoms. The van der Waals surface area contributed by atoms with E-state index >= 15 is 0 Å². The van der Waals surface area contributed by atoms with Gasteiger partial charge in [-0.2, -0.15) is 9.78 Å². The highest BCUT2D eigenvalue weighted by Gasteiger charge is 2.20. The van der Waals surface area contributed by atoms with Gasteiger partial charge in [0.15, 0.2) is 0 Å². The first-order chi connectivity index (χ1) is 18.1. The second-order valence-corrected chi connectivity index (χ2v) is 8.46. The summed E-state index contributed by atoms with van der Waals surface area (Å²) in [6.45, 7) is 1.92. The Morgan fingerprint density at radius 3 is 2.08 bits per heavy atom. The Morgan fingerprint density at radius 2 is 1.49 bits per heavy atom. The van der Waals surface area contributed by atoms with E-state index in [1.165, 1.54) is 10.7 Å². The van der Waals surface area contributed by atoms with Crippen LogP contribution in [-0.2, 0) is 6.42 Å². The summed E-state index contributed by atoms with van der Waals surface area (Å²) in [5, 5.41) is 10.6. The number of anilines is 1. The first kappa shape index (κ1) is 23.7. The van der Waals surface area contributed by atoms with Crippen molar-refractivity contribution in [2.24, 2.45) is 0 Å². The van der Waals surface area contributed by atoms with E-state index in [4.69, 9.17) is 0 Å². The van der Waals surface area contributed by atoms with E-state index in [9.17, 15) is 9.59 Å². The van der Waals surface area contributed by atoms with E-state index in [1.807, 2.05) is 97.9 Å². The van der Waals surface area contributed by atoms with Crippen LogP contribution in [0.1, 0.15) is 29.8 Å². The predicted molar refractivity (Wildman–Crippen MR) is 144 cm³/mol. The lowest BCUT2D eigenvalue weighted by molar-refractivity contribution is 0.250. The van der Waals surface area contributed by atoms with Gasteiger partial charge in [-0.1, -0.05) is 97.9 Å². The number of aryl methyl sites for hydroxylation is 1. The lowest BCUT2D eigenvalue weighted by Gasteiger charge is -2.20. The lowest BCUT2D eigenvalue weighted by Crippen LogP contribution is -2.34. The molecular weight excluding hydrogens is 464 g/mol. The molecule has 2 amide bonds. The van der Waals surface area contributed by atoms with E-state index in [0.29, 0.717) is 23.6 Å². The van der Waals surface area contributed by atoms with Crippen LogP contribution in [-0.4, -0.2) is 25.8 Å². The van der Waals surface area contributed by atoms with E-state index in [-0.39, 0.29) is 17.5 Å². The van der Waals surface area contributed by atoms with Gasteiger partial charge in [-0.25, -0.2) is 9.78 Å². The minimum absolute atomic E-state index is 0.226. The van der Waals surface area contributed by atoms with E-state index in [1.54, 1.807) is 6.07 Å². The molecule has 5 rings (SSSR count). The molecule has 0 atom stereocenters. The molecule has 2 aromatic heterocycles. The minimum atomic E-state index is -0.424. The Bertz CT molecular complexity index is 1510. The molecule has 8 nitrogen and oxygen atoms in total. The third kappa shape index (κ3) is 5.48. The summed E-state index contributed by atoms with van der Waals surface area (Å²) in [5.74, 6) is 0.595. The second-order valence-electron chi connectivity index (χ2n) is 8.46. The molecule has 0 radical (unpaired) electrons. The number of carbonyl (C=O) groups is 1. The highest BCUT2D eigenvalue weighted by atomic mass is 16.2. The van der Waals surface area contributed by atoms with Gasteiger partial charge < -0.3 is 5.32 Å². The van der Waals surface area contributed by atoms with Crippen LogP contribution >= 0.6 is 0 Å². The number of rotatable bonds is 7. The topological polar surface area (TPSA) is 105 Å². The van der Waals surface area contributed by atoms with E-state index in [0.717, 1.165) is 16.7 Å². The third-order valence-corrected chi connectivity index (χ3v) is 5.91. The highest BCUT2D eigenvalue weighted by molar-refractivity contribution is 5.90. The number of H-pyrrole nitrogens is 1. The molecule has 8 heteroatoms. The first-order valence-corrected chi connectivity index (χ1v) is 12.0. The number of amides is 2. The quantitative estimate of drug-likeness (QED) is 0.295. The van der Waals surface area contributed by atoms with Crippen LogP contribution in [0, 0.1) is 0 Å². The molecule has 0 saturated heterocycles. The maximum atomic E-state index is 13.3. The van der Waals surface area contributed by atoms with Gasteiger partial charge in [-0.3, -0.25) is 15.1 Å². The molecule has 2 heterocycles. The van der Waals surface area contributed by atoms with Crippen molar-refractivity contribution in [2.75, 3.05) is 5.32 Å². The molecular formula is C29H26N6O2. The van der Waals surface area contributed by atoms with Crippen molar-refractivity contribution >= 4 is 11.8 Å². The van der Waals surface area contributed by atoms with Crippen LogP contribution < -0.4 is 16.2 Å². The van der Waals surface area contributed by atoms with Crippen LogP contribution in [0.3, 0.4) is 0 Å². The summed E-state index contributed by atoms with van der Waals surface area (Å²) in [7, 11) is 0. The van der Waals surface area contributed by atoms with Gasteiger partial charge >= 0.3 is 6.03 Å². The molecule has 0 unspecified atom stereocenters. The fourth-order valence-corrected chi connectivity index (χ4v) is 4.09. The fourth-order valence-electron chi connectivity index (χ4n) is 4.09. The zero-order chi connectivity index (χ0) is 25.6. The van der Waals surface area contributed by atoms with Crippen LogP contribution in [0.15, 0.2) is 108 Å². The van der Waals surface area contributed by atoms with E-state index in [2.05, 4.69) is 25.7 Å². The van der Waals surface area contributed by atoms with Gasteiger partial charge in [0, 0.05) is 23.4 Å². The van der Waals surface area contributed by atoms with Crippen molar-refractivity contribution in [2.45, 2.75) is 19.4 Å². The normalized spacial score (nSPS) is 10.9. The maximum absolute atomic E-state index is 13.3. The number of nitrogens with zero attached hydrogens (tertiary/aromatic N) is 3. The van der Waals surface area contributed by atoms with Crippen LogP contribution in [0.4, 0.5) is 10.6 Å². The molecule has 0 spiro atoms. The standard InChI is InChI=1S/C29H26N6O2/c1-2-23-18-26(36)32-28(30-23)35-25(19-24(34-35)20-12-6-3-7-13-20)31-29(37)33-27(21-14-8-4-9-15-21)22-16-10-5-11-17-22/h3-19,27H,2H2,1H3,(H,30,32,36)(H2,31,33,37). The summed E-state index contributed by atoms with van der Waals surface area (Å²) in [6, 6.07) is 31.5. The van der Waals surface area contributed by atoms with Crippen molar-refractivity contribution in [3.05, 3.63) is 130 Å². The third-order valence-electron chi connectivity index (χ3n) is 5.91. The summed E-state index contributed by atoms with van der Waals surface area (Å²) < 4.78 is 1.45. The Morgan fingerprint density at radius 1 is 0.892 bits per heavy atom. The predicted octanol–water partition coefficient (Wildman–Crippen LogP) is 5.10. The second kappa shape index (κ2) is 10.7. The van der Waals surface area contributed by atoms with Gasteiger partial charge in [-0.15, -0.1) is 0 Å². The summed E-state index contributed by atoms with van der Waals surface area (Å²) >= 11 is 0. The number of nitrogens with one attached hydrogen (secondary N) is 3. The number of hydrogen-bond acceptors (Lipinski definition) is 4. The molecule has 0 aliphatic carbocycles. The van der Waals surface area contributed by atoms with Gasteiger partial charge in [0.25, 0.3) is 5.56 Å². The van der Waals surface area contributed by atoms with Crippen LogP contribution in [0.5, 0.6) is 0 Å². The molecule has 3 aromatic carbocycles. The monoisotopic (exact) mass is 490 g/mol. The van der Waals surface area contributed by atoms with Gasteiger partial charge in [0.2, 0.25) is 5.95 Å². The highest BCUT2D eigenvalue weighted by Crippen LogP contribution is 2.25. The SMILES string of the molecule is CCc1cc(=O)[nH]c(-n2nc(-c3ccccc3)cc2NC(=O)NC(c2ccccc2)c2ccccc2)n1. The van der Waals surface area contributed by atoms with Crippen molar-refractivity contribution in [3.8, 4) is 17.2 Å². The number of aromatic amines is 1. The molecule has 3 N–H and O–H groups in total. The summed E-state index contributed by atoms with van der Waals surface area (Å²) in [4.78, 5) is 32.9. The zero-order valence-electron chi connectivity index (χ0n) is 20.3. The molecule has 5 aromatic rings. The van der Waals surface area contributed by atoms with E-state index < -0.39 is 6.03 Å². The summed E-state index contributed by atoms with van der Waals surface area (Å²) in [5.41, 5.74) is 3.72. The molecule has 0 saturated carbocycles. The maximum Gasteiger partial charge on any atom is 0.321 e. The van der Waals surface area contributed by atoms with Crippen LogP contribution in [0.25, 0.3) is 17.2 Å². The summed E-state index contributed by atoms with van der Waals surface area (Å²) in [6.07, 6.45) is 0.586. The minimum Gasteiger partial charge on any atom is -0.327 e. The number of carbonyl (C=O) groups excluding carboxylic acids is 1. The van der Waals surface area contributed by atoms with Crippen molar-refractivity contribution in [1.82, 2.24) is 25.1 Å². The zero-order valence-corrected chi connectivity index (χ0v) is 20.3. The van der Waals surface area contributed by atoms with Crippen molar-refractivity contribution in [3.63, 3.8) is 0 Å². The Balaban J connectivity index is 1.50. The molecule has 0 bridgehead atoms. The number of aromatic nitrogens is 4. The van der Waals surface area contributed by atoms with Gasteiger partial charge in [-0.05, 0) is 17.5 Å². The average Bonchev–Trinajstić information content (AvgIpc) is 3.36. The Labute approximate surface area is 214 Å². The smallest absolute Gasteiger partial charge is 0.321 e. The number of urea groups is 1. The fraction of sp³-hybridized carbons (Fsp3) is 0.103. The Hall–Kier alpha value is -4.98. The van der Waals surface area contributed by atoms with Gasteiger partial charge in [0.1, 0.15) is 5.82 Å².